The number of nitro groups is 2. The fourth-order valence-corrected chi connectivity index (χ4v) is 4.95. The Kier molecular flexibility index (Phi) is 8.86. The molecule has 0 aliphatic heterocycles. The third-order valence-electron chi connectivity index (χ3n) is 4.97. The van der Waals surface area contributed by atoms with E-state index in [9.17, 15) is 46.2 Å². The predicted octanol–water partition coefficient (Wildman–Crippen LogP) is 1.74. The van der Waals surface area contributed by atoms with Crippen LogP contribution >= 0.6 is 22.6 Å². The first-order valence-electron chi connectivity index (χ1n) is 9.85. The van der Waals surface area contributed by atoms with E-state index in [0.717, 1.165) is 37.4 Å². The van der Waals surface area contributed by atoms with Gasteiger partial charge in [-0.2, -0.15) is 16.8 Å². The van der Waals surface area contributed by atoms with Crippen molar-refractivity contribution >= 4 is 83.8 Å². The average Bonchev–Trinajstić information content (AvgIpc) is 3.27. The smallest absolute Gasteiger partial charge is 0.282 e. The minimum atomic E-state index is -5.10. The Balaban J connectivity index is 0.00000420. The zero-order chi connectivity index (χ0) is 28.0. The van der Waals surface area contributed by atoms with Crippen molar-refractivity contribution in [3.05, 3.63) is 84.5 Å². The molecule has 0 bridgehead atoms. The molecule has 0 saturated carbocycles. The van der Waals surface area contributed by atoms with Crippen LogP contribution in [0.4, 0.5) is 11.4 Å². The number of halogens is 1. The van der Waals surface area contributed by atoms with Crippen molar-refractivity contribution in [1.82, 2.24) is 15.0 Å². The van der Waals surface area contributed by atoms with Gasteiger partial charge in [0, 0.05) is 50.1 Å². The topological polar surface area (TPSA) is 230 Å². The SMILES string of the molecule is O=[N+]([O-])c1ccc(-[n+]2nc(-c3ccc(S(=O)(=O)O)cc3S(=O)(=O)O)nn2-c2ccc(I)cc2)c([N+](=O)[O-])c1.[Na]. The molecule has 1 heterocycles. The van der Waals surface area contributed by atoms with E-state index in [4.69, 9.17) is 0 Å². The summed E-state index contributed by atoms with van der Waals surface area (Å²) in [6.07, 6.45) is 0. The van der Waals surface area contributed by atoms with Crippen LogP contribution in [0.1, 0.15) is 0 Å². The Hall–Kier alpha value is -2.92. The zero-order valence-corrected chi connectivity index (χ0v) is 25.1. The molecule has 16 nitrogen and oxygen atoms in total. The van der Waals surface area contributed by atoms with E-state index in [1.165, 1.54) is 0 Å². The maximum absolute atomic E-state index is 12.1. The molecule has 0 spiro atoms. The van der Waals surface area contributed by atoms with E-state index < -0.39 is 62.6 Å². The minimum absolute atomic E-state index is 0. The predicted molar refractivity (Wildman–Crippen MR) is 140 cm³/mol. The van der Waals surface area contributed by atoms with Gasteiger partial charge in [0.1, 0.15) is 10.6 Å². The third kappa shape index (κ3) is 6.46. The molecule has 20 heteroatoms. The first-order valence-corrected chi connectivity index (χ1v) is 13.8. The third-order valence-corrected chi connectivity index (χ3v) is 7.43. The number of aromatic nitrogens is 4. The summed E-state index contributed by atoms with van der Waals surface area (Å²) >= 11 is 2.03. The molecule has 0 aliphatic rings. The summed E-state index contributed by atoms with van der Waals surface area (Å²) in [4.78, 5) is 21.3. The second-order valence-electron chi connectivity index (χ2n) is 7.37. The Morgan fingerprint density at radius 2 is 1.51 bits per heavy atom. The van der Waals surface area contributed by atoms with Crippen molar-refractivity contribution in [2.75, 3.05) is 0 Å². The fourth-order valence-electron chi connectivity index (χ4n) is 3.29. The number of benzene rings is 3. The first kappa shape index (κ1) is 30.6. The van der Waals surface area contributed by atoms with Crippen molar-refractivity contribution in [2.24, 2.45) is 0 Å². The van der Waals surface area contributed by atoms with Crippen LogP contribution in [-0.2, 0) is 20.2 Å². The fraction of sp³-hybridized carbons (Fsp3) is 0. The molecule has 0 fully saturated rings. The van der Waals surface area contributed by atoms with Gasteiger partial charge in [-0.05, 0) is 75.0 Å². The van der Waals surface area contributed by atoms with Crippen LogP contribution in [0.3, 0.4) is 0 Å². The first-order chi connectivity index (χ1) is 17.7. The van der Waals surface area contributed by atoms with E-state index in [1.807, 2.05) is 22.6 Å². The van der Waals surface area contributed by atoms with E-state index >= 15 is 0 Å². The van der Waals surface area contributed by atoms with Crippen molar-refractivity contribution in [2.45, 2.75) is 9.79 Å². The van der Waals surface area contributed by atoms with Crippen LogP contribution in [-0.4, -0.2) is 80.3 Å². The van der Waals surface area contributed by atoms with Crippen LogP contribution in [0.2, 0.25) is 0 Å². The number of nitrogens with zero attached hydrogens (tertiary/aromatic N) is 6. The molecule has 0 saturated heterocycles. The molecule has 0 unspecified atom stereocenters. The molecular formula is C19H12IN6NaO10S2+. The minimum Gasteiger partial charge on any atom is -0.282 e. The normalized spacial score (nSPS) is 11.6. The van der Waals surface area contributed by atoms with Crippen molar-refractivity contribution in [3.63, 3.8) is 0 Å². The largest absolute Gasteiger partial charge is 0.341 e. The molecule has 4 rings (SSSR count). The van der Waals surface area contributed by atoms with Crippen molar-refractivity contribution in [1.29, 1.82) is 0 Å². The van der Waals surface area contributed by atoms with Crippen LogP contribution in [0.25, 0.3) is 22.8 Å². The van der Waals surface area contributed by atoms with Gasteiger partial charge >= 0.3 is 11.5 Å². The summed E-state index contributed by atoms with van der Waals surface area (Å²) < 4.78 is 67.0. The zero-order valence-electron chi connectivity index (χ0n) is 19.3. The average molecular weight is 698 g/mol. The van der Waals surface area contributed by atoms with Crippen LogP contribution in [0.15, 0.2) is 70.5 Å². The number of non-ortho nitro benzene ring substituents is 1. The maximum atomic E-state index is 12.1. The Bertz CT molecular complexity index is 1850. The number of hydrogen-bond acceptors (Lipinski definition) is 10. The summed E-state index contributed by atoms with van der Waals surface area (Å²) in [7, 11) is -9.96. The van der Waals surface area contributed by atoms with Crippen LogP contribution < -0.4 is 4.80 Å². The van der Waals surface area contributed by atoms with Crippen LogP contribution in [0.5, 0.6) is 0 Å². The van der Waals surface area contributed by atoms with E-state index in [-0.39, 0.29) is 40.9 Å². The van der Waals surface area contributed by atoms with E-state index in [2.05, 4.69) is 10.2 Å². The molecule has 1 aromatic heterocycles. The van der Waals surface area contributed by atoms with Crippen molar-refractivity contribution in [3.8, 4) is 22.8 Å². The Morgan fingerprint density at radius 3 is 2.05 bits per heavy atom. The van der Waals surface area contributed by atoms with Crippen LogP contribution in [0, 0.1) is 23.8 Å². The molecular weight excluding hydrogens is 686 g/mol. The summed E-state index contributed by atoms with van der Waals surface area (Å²) in [5.74, 6) is -0.439. The van der Waals surface area contributed by atoms with E-state index in [1.54, 1.807) is 24.3 Å². The molecule has 197 valence electrons. The van der Waals surface area contributed by atoms with Gasteiger partial charge in [0.2, 0.25) is 0 Å². The molecule has 1 radical (unpaired) electrons. The molecule has 0 atom stereocenters. The van der Waals surface area contributed by atoms with Gasteiger partial charge in [0.25, 0.3) is 31.6 Å². The molecule has 0 aliphatic carbocycles. The molecule has 39 heavy (non-hydrogen) atoms. The van der Waals surface area contributed by atoms with Gasteiger partial charge in [0.15, 0.2) is 0 Å². The second-order valence-corrected chi connectivity index (χ2v) is 11.4. The quantitative estimate of drug-likeness (QED) is 0.0702. The monoisotopic (exact) mass is 698 g/mol. The van der Waals surface area contributed by atoms with Gasteiger partial charge in [-0.15, -0.1) is 0 Å². The number of hydrogen-bond donors (Lipinski definition) is 2. The van der Waals surface area contributed by atoms with Gasteiger partial charge in [0.05, 0.1) is 31.5 Å². The number of rotatable bonds is 7. The molecule has 3 aromatic carbocycles. The molecule has 4 aromatic rings. The second kappa shape index (κ2) is 11.3. The molecule has 2 N–H and O–H groups in total. The molecule has 0 amide bonds. The Morgan fingerprint density at radius 1 is 0.872 bits per heavy atom. The maximum Gasteiger partial charge on any atom is 0.341 e. The number of tetrazole rings is 1. The summed E-state index contributed by atoms with van der Waals surface area (Å²) in [6.45, 7) is 0. The van der Waals surface area contributed by atoms with Gasteiger partial charge in [-0.1, -0.05) is 0 Å². The summed E-state index contributed by atoms with van der Waals surface area (Å²) in [6, 6.07) is 11.4. The van der Waals surface area contributed by atoms with Gasteiger partial charge in [-0.25, -0.2) is 0 Å². The van der Waals surface area contributed by atoms with E-state index in [0.29, 0.717) is 12.1 Å². The Labute approximate surface area is 254 Å². The summed E-state index contributed by atoms with van der Waals surface area (Å²) in [5, 5.41) is 31.3. The standard InChI is InChI=1S/C19H11IN6O10S2.Na/c20-11-1-3-12(4-2-11)23-21-19(15-7-6-14(37(31,32)33)10-18(15)38(34,35)36)22-24(23)16-8-5-13(25(27)28)9-17(16)26(29)30;/h1-10H,(H-,31,32,33,34,35,36);/p+1. The van der Waals surface area contributed by atoms with Gasteiger partial charge in [-0.3, -0.25) is 29.3 Å². The van der Waals surface area contributed by atoms with Crippen molar-refractivity contribution < 1.29 is 40.6 Å². The van der Waals surface area contributed by atoms with Gasteiger partial charge < -0.3 is 0 Å². The number of nitro benzene ring substituents is 2. The summed E-state index contributed by atoms with van der Waals surface area (Å²) in [5.41, 5.74) is -1.73.